The van der Waals surface area contributed by atoms with Crippen LogP contribution in [0.2, 0.25) is 0 Å². The van der Waals surface area contributed by atoms with Gasteiger partial charge in [0, 0.05) is 45.7 Å². The van der Waals surface area contributed by atoms with Crippen LogP contribution in [0.5, 0.6) is 0 Å². The smallest absolute Gasteiger partial charge is 0.0434 e. The number of benzene rings is 8. The van der Waals surface area contributed by atoms with Gasteiger partial charge in [0.15, 0.2) is 0 Å². The van der Waals surface area contributed by atoms with E-state index in [1.807, 2.05) is 22.7 Å². The monoisotopic (exact) mass is 592 g/mol. The SMILES string of the molecule is c1ccc2c(c1)sc1cc(-c3c4ccccc4c(-c4cc5c6ccccc6sc5c5ccccc45)c4ccccc34)ccc12. The van der Waals surface area contributed by atoms with Crippen LogP contribution in [0.25, 0.3) is 94.9 Å². The van der Waals surface area contributed by atoms with Gasteiger partial charge in [-0.25, -0.2) is 0 Å². The molecule has 0 bridgehead atoms. The van der Waals surface area contributed by atoms with Gasteiger partial charge in [-0.05, 0) is 73.5 Å². The zero-order chi connectivity index (χ0) is 28.8. The molecule has 2 aromatic heterocycles. The first-order chi connectivity index (χ1) is 21.8. The van der Waals surface area contributed by atoms with Crippen molar-refractivity contribution in [3.8, 4) is 22.3 Å². The van der Waals surface area contributed by atoms with E-state index in [2.05, 4.69) is 146 Å². The molecule has 0 amide bonds. The van der Waals surface area contributed by atoms with Crippen LogP contribution in [-0.2, 0) is 0 Å². The maximum atomic E-state index is 2.47. The maximum Gasteiger partial charge on any atom is 0.0434 e. The van der Waals surface area contributed by atoms with Gasteiger partial charge in [-0.1, -0.05) is 121 Å². The van der Waals surface area contributed by atoms with Crippen LogP contribution in [0.3, 0.4) is 0 Å². The fourth-order valence-electron chi connectivity index (χ4n) is 7.36. The zero-order valence-corrected chi connectivity index (χ0v) is 25.3. The molecule has 0 saturated carbocycles. The van der Waals surface area contributed by atoms with Crippen molar-refractivity contribution in [1.82, 2.24) is 0 Å². The molecule has 10 aromatic rings. The van der Waals surface area contributed by atoms with Crippen molar-refractivity contribution in [3.63, 3.8) is 0 Å². The summed E-state index contributed by atoms with van der Waals surface area (Å²) in [6, 6.07) is 54.1. The van der Waals surface area contributed by atoms with Gasteiger partial charge in [0.05, 0.1) is 0 Å². The quantitative estimate of drug-likeness (QED) is 0.175. The minimum absolute atomic E-state index is 1.27. The molecule has 2 heterocycles. The average molecular weight is 593 g/mol. The fourth-order valence-corrected chi connectivity index (χ4v) is 9.73. The molecule has 0 nitrogen and oxygen atoms in total. The molecule has 8 aromatic carbocycles. The Morgan fingerprint density at radius 2 is 0.773 bits per heavy atom. The molecule has 10 rings (SSSR count). The van der Waals surface area contributed by atoms with E-state index in [0.717, 1.165) is 0 Å². The Bertz CT molecular complexity index is 2720. The van der Waals surface area contributed by atoms with Gasteiger partial charge >= 0.3 is 0 Å². The van der Waals surface area contributed by atoms with Gasteiger partial charge in [-0.15, -0.1) is 22.7 Å². The molecule has 0 radical (unpaired) electrons. The molecular formula is C42H24S2. The first kappa shape index (κ1) is 24.4. The van der Waals surface area contributed by atoms with Gasteiger partial charge in [-0.3, -0.25) is 0 Å². The Balaban J connectivity index is 1.35. The summed E-state index contributed by atoms with van der Waals surface area (Å²) < 4.78 is 5.38. The Morgan fingerprint density at radius 3 is 1.43 bits per heavy atom. The Hall–Kier alpha value is -5.02. The second-order valence-corrected chi connectivity index (χ2v) is 13.7. The molecule has 0 N–H and O–H groups in total. The second kappa shape index (κ2) is 9.24. The molecule has 0 unspecified atom stereocenters. The first-order valence-corrected chi connectivity index (χ1v) is 16.7. The average Bonchev–Trinajstić information content (AvgIpc) is 3.65. The number of thiophene rings is 2. The Kier molecular flexibility index (Phi) is 5.13. The molecule has 0 spiro atoms. The summed E-state index contributed by atoms with van der Waals surface area (Å²) in [5.41, 5.74) is 5.20. The Labute approximate surface area is 262 Å². The minimum atomic E-state index is 1.27. The van der Waals surface area contributed by atoms with E-state index in [0.29, 0.717) is 0 Å². The summed E-state index contributed by atoms with van der Waals surface area (Å²) in [4.78, 5) is 0. The number of fused-ring (bicyclic) bond motifs is 10. The second-order valence-electron chi connectivity index (χ2n) is 11.6. The van der Waals surface area contributed by atoms with Gasteiger partial charge in [0.2, 0.25) is 0 Å². The van der Waals surface area contributed by atoms with Crippen molar-refractivity contribution in [2.75, 3.05) is 0 Å². The highest BCUT2D eigenvalue weighted by molar-refractivity contribution is 7.26. The van der Waals surface area contributed by atoms with E-state index in [1.165, 1.54) is 94.9 Å². The van der Waals surface area contributed by atoms with E-state index < -0.39 is 0 Å². The molecular weight excluding hydrogens is 569 g/mol. The van der Waals surface area contributed by atoms with Gasteiger partial charge in [-0.2, -0.15) is 0 Å². The third-order valence-electron chi connectivity index (χ3n) is 9.25. The van der Waals surface area contributed by atoms with Crippen LogP contribution in [0.15, 0.2) is 146 Å². The predicted octanol–water partition coefficient (Wildman–Crippen LogP) is 13.2. The number of rotatable bonds is 2. The van der Waals surface area contributed by atoms with Crippen molar-refractivity contribution in [2.45, 2.75) is 0 Å². The number of hydrogen-bond acceptors (Lipinski definition) is 2. The normalized spacial score (nSPS) is 12.1. The van der Waals surface area contributed by atoms with Gasteiger partial charge in [0.25, 0.3) is 0 Å². The van der Waals surface area contributed by atoms with Gasteiger partial charge in [0.1, 0.15) is 0 Å². The Morgan fingerprint density at radius 1 is 0.295 bits per heavy atom. The highest BCUT2D eigenvalue weighted by atomic mass is 32.1. The van der Waals surface area contributed by atoms with Crippen molar-refractivity contribution < 1.29 is 0 Å². The molecule has 0 aliphatic carbocycles. The van der Waals surface area contributed by atoms with E-state index in [4.69, 9.17) is 0 Å². The molecule has 0 aliphatic rings. The summed E-state index contributed by atoms with van der Waals surface area (Å²) >= 11 is 3.79. The van der Waals surface area contributed by atoms with Crippen LogP contribution in [-0.4, -0.2) is 0 Å². The molecule has 204 valence electrons. The third kappa shape index (κ3) is 3.38. The van der Waals surface area contributed by atoms with E-state index in [-0.39, 0.29) is 0 Å². The summed E-state index contributed by atoms with van der Waals surface area (Å²) in [5, 5.41) is 13.2. The van der Waals surface area contributed by atoms with Crippen LogP contribution >= 0.6 is 22.7 Å². The van der Waals surface area contributed by atoms with Crippen LogP contribution < -0.4 is 0 Å². The maximum absolute atomic E-state index is 2.47. The largest absolute Gasteiger partial charge is 0.135 e. The van der Waals surface area contributed by atoms with E-state index >= 15 is 0 Å². The lowest BCUT2D eigenvalue weighted by molar-refractivity contribution is 1.71. The lowest BCUT2D eigenvalue weighted by Gasteiger charge is -2.19. The minimum Gasteiger partial charge on any atom is -0.135 e. The summed E-state index contributed by atoms with van der Waals surface area (Å²) in [7, 11) is 0. The third-order valence-corrected chi connectivity index (χ3v) is 11.6. The highest BCUT2D eigenvalue weighted by Crippen LogP contribution is 2.49. The molecule has 2 heteroatoms. The lowest BCUT2D eigenvalue weighted by Crippen LogP contribution is -1.91. The zero-order valence-electron chi connectivity index (χ0n) is 23.7. The molecule has 0 fully saturated rings. The van der Waals surface area contributed by atoms with Crippen molar-refractivity contribution in [2.24, 2.45) is 0 Å². The molecule has 0 atom stereocenters. The van der Waals surface area contributed by atoms with Crippen LogP contribution in [0, 0.1) is 0 Å². The van der Waals surface area contributed by atoms with Crippen LogP contribution in [0.1, 0.15) is 0 Å². The topological polar surface area (TPSA) is 0 Å². The lowest BCUT2D eigenvalue weighted by atomic mass is 9.84. The molecule has 44 heavy (non-hydrogen) atoms. The highest BCUT2D eigenvalue weighted by Gasteiger charge is 2.20. The standard InChI is InChI=1S/C42H24S2/c1-6-18-34-26(11-1)35(24-36-28-13-8-10-20-38(28)44-42(34)36)41-32-16-4-2-14-30(32)40(31-15-3-5-17-33(31)41)25-21-22-29-27-12-7-9-19-37(27)43-39(29)23-25/h1-24H. The molecule has 0 saturated heterocycles. The van der Waals surface area contributed by atoms with E-state index in [9.17, 15) is 0 Å². The van der Waals surface area contributed by atoms with Crippen molar-refractivity contribution in [3.05, 3.63) is 146 Å². The summed E-state index contributed by atoms with van der Waals surface area (Å²) in [6.45, 7) is 0. The van der Waals surface area contributed by atoms with Crippen molar-refractivity contribution in [1.29, 1.82) is 0 Å². The van der Waals surface area contributed by atoms with E-state index in [1.54, 1.807) is 0 Å². The van der Waals surface area contributed by atoms with Crippen LogP contribution in [0.4, 0.5) is 0 Å². The molecule has 0 aliphatic heterocycles. The summed E-state index contributed by atoms with van der Waals surface area (Å²) in [5.74, 6) is 0. The van der Waals surface area contributed by atoms with Gasteiger partial charge < -0.3 is 0 Å². The number of hydrogen-bond donors (Lipinski definition) is 0. The first-order valence-electron chi connectivity index (χ1n) is 15.0. The summed E-state index contributed by atoms with van der Waals surface area (Å²) in [6.07, 6.45) is 0. The fraction of sp³-hybridized carbons (Fsp3) is 0. The van der Waals surface area contributed by atoms with Crippen molar-refractivity contribution >= 4 is 95.3 Å². The predicted molar refractivity (Wildman–Crippen MR) is 196 cm³/mol.